The summed E-state index contributed by atoms with van der Waals surface area (Å²) in [4.78, 5) is 21.3. The van der Waals surface area contributed by atoms with Gasteiger partial charge in [0.2, 0.25) is 11.8 Å². The van der Waals surface area contributed by atoms with E-state index in [1.54, 1.807) is 0 Å². The number of alkyl halides is 13. The topological polar surface area (TPSA) is 92.4 Å². The van der Waals surface area contributed by atoms with E-state index in [-0.39, 0.29) is 0 Å². The molecule has 5 nitrogen and oxygen atoms in total. The van der Waals surface area contributed by atoms with Crippen molar-refractivity contribution in [3.8, 4) is 0 Å². The van der Waals surface area contributed by atoms with Gasteiger partial charge in [-0.2, -0.15) is 57.1 Å². The van der Waals surface area contributed by atoms with Crippen LogP contribution in [0.2, 0.25) is 0 Å². The first-order valence-electron chi connectivity index (χ1n) is 7.14. The maximum Gasteiger partial charge on any atom is 0.460 e. The largest absolute Gasteiger partial charge is 0.460 e. The number of amides is 2. The summed E-state index contributed by atoms with van der Waals surface area (Å²) in [6.07, 6.45) is -14.4. The molecule has 0 aromatic rings. The van der Waals surface area contributed by atoms with E-state index in [1.807, 2.05) is 0 Å². The highest BCUT2D eigenvalue weighted by Gasteiger charge is 2.90. The van der Waals surface area contributed by atoms with Crippen LogP contribution in [0.3, 0.4) is 0 Å². The van der Waals surface area contributed by atoms with Crippen molar-refractivity contribution in [2.45, 2.75) is 54.7 Å². The summed E-state index contributed by atoms with van der Waals surface area (Å²) in [6.45, 7) is -1.46. The lowest BCUT2D eigenvalue weighted by Gasteiger charge is -2.40. The van der Waals surface area contributed by atoms with Crippen LogP contribution < -0.4 is 11.1 Å². The summed E-state index contributed by atoms with van der Waals surface area (Å²) < 4.78 is 167. The highest BCUT2D eigenvalue weighted by Crippen LogP contribution is 2.60. The Kier molecular flexibility index (Phi) is 7.70. The molecule has 0 aliphatic carbocycles. The fourth-order valence-corrected chi connectivity index (χ4v) is 1.75. The molecule has 1 unspecified atom stereocenters. The van der Waals surface area contributed by atoms with E-state index in [2.05, 4.69) is 5.73 Å². The third-order valence-corrected chi connectivity index (χ3v) is 3.36. The summed E-state index contributed by atoms with van der Waals surface area (Å²) in [5.74, 6) is -40.5. The number of hydrogen-bond acceptors (Lipinski definition) is 3. The Hall–Kier alpha value is -2.01. The first-order chi connectivity index (χ1) is 13.0. The van der Waals surface area contributed by atoms with Crippen molar-refractivity contribution in [3.63, 3.8) is 0 Å². The standard InChI is InChI=1S/C12H11F13N2O3/c13-7(14,2-4(28)3-27-6(30)1-5(26)29)8(15,16)9(17,18)10(19,20)11(21,22)12(23,24)25/h4,28H,1-3H2,(H2,26,29)(H,27,30). The number of rotatable bonds is 10. The van der Waals surface area contributed by atoms with Crippen LogP contribution in [-0.2, 0) is 9.59 Å². The van der Waals surface area contributed by atoms with Crippen molar-refractivity contribution in [1.29, 1.82) is 0 Å². The second-order valence-corrected chi connectivity index (χ2v) is 5.80. The predicted molar refractivity (Wildman–Crippen MR) is 68.2 cm³/mol. The van der Waals surface area contributed by atoms with E-state index in [0.29, 0.717) is 0 Å². The molecule has 0 aliphatic rings. The van der Waals surface area contributed by atoms with Crippen molar-refractivity contribution in [1.82, 2.24) is 5.32 Å². The average molecular weight is 478 g/mol. The molecule has 0 aliphatic heterocycles. The van der Waals surface area contributed by atoms with Gasteiger partial charge < -0.3 is 16.2 Å². The quantitative estimate of drug-likeness (QED) is 0.333. The van der Waals surface area contributed by atoms with E-state index in [4.69, 9.17) is 5.11 Å². The summed E-state index contributed by atoms with van der Waals surface area (Å²) in [5.41, 5.74) is 4.54. The lowest BCUT2D eigenvalue weighted by Crippen LogP contribution is -2.70. The fourth-order valence-electron chi connectivity index (χ4n) is 1.75. The third kappa shape index (κ3) is 5.00. The molecule has 0 fully saturated rings. The molecule has 2 amide bonds. The smallest absolute Gasteiger partial charge is 0.391 e. The zero-order valence-corrected chi connectivity index (χ0v) is 14.0. The normalized spacial score (nSPS) is 15.7. The van der Waals surface area contributed by atoms with Gasteiger partial charge in [0, 0.05) is 13.0 Å². The van der Waals surface area contributed by atoms with E-state index < -0.39 is 73.1 Å². The van der Waals surface area contributed by atoms with E-state index >= 15 is 0 Å². The number of aliphatic hydroxyl groups excluding tert-OH is 1. The Labute approximate surface area is 157 Å². The van der Waals surface area contributed by atoms with Gasteiger partial charge in [-0.3, -0.25) is 9.59 Å². The fraction of sp³-hybridized carbons (Fsp3) is 0.833. The number of carbonyl (C=O) groups is 2. The lowest BCUT2D eigenvalue weighted by molar-refractivity contribution is -0.440. The predicted octanol–water partition coefficient (Wildman–Crippen LogP) is 2.47. The molecule has 0 saturated heterocycles. The maximum absolute atomic E-state index is 13.5. The highest BCUT2D eigenvalue weighted by atomic mass is 19.4. The minimum atomic E-state index is -8.04. The first kappa shape index (κ1) is 28.0. The van der Waals surface area contributed by atoms with Crippen molar-refractivity contribution >= 4 is 11.8 Å². The number of carbonyl (C=O) groups excluding carboxylic acids is 2. The van der Waals surface area contributed by atoms with Gasteiger partial charge in [0.25, 0.3) is 0 Å². The Balaban J connectivity index is 5.70. The summed E-state index contributed by atoms with van der Waals surface area (Å²) >= 11 is 0. The van der Waals surface area contributed by atoms with Gasteiger partial charge in [-0.05, 0) is 0 Å². The van der Waals surface area contributed by atoms with Crippen molar-refractivity contribution in [2.75, 3.05) is 6.54 Å². The second-order valence-electron chi connectivity index (χ2n) is 5.80. The van der Waals surface area contributed by atoms with Gasteiger partial charge in [0.05, 0.1) is 6.10 Å². The van der Waals surface area contributed by atoms with Crippen LogP contribution in [0.4, 0.5) is 57.1 Å². The molecular weight excluding hydrogens is 467 g/mol. The number of halogens is 13. The van der Waals surface area contributed by atoms with Crippen molar-refractivity contribution < 1.29 is 71.8 Å². The third-order valence-electron chi connectivity index (χ3n) is 3.36. The van der Waals surface area contributed by atoms with E-state index in [9.17, 15) is 66.7 Å². The van der Waals surface area contributed by atoms with Gasteiger partial charge in [0.1, 0.15) is 6.42 Å². The minimum absolute atomic E-state index is 1.10. The monoisotopic (exact) mass is 478 g/mol. The molecule has 0 aromatic carbocycles. The number of aliphatic hydroxyl groups is 1. The second kappa shape index (κ2) is 8.26. The molecular formula is C12H11F13N2O3. The molecule has 30 heavy (non-hydrogen) atoms. The highest BCUT2D eigenvalue weighted by molar-refractivity contribution is 5.95. The van der Waals surface area contributed by atoms with Gasteiger partial charge in [-0.15, -0.1) is 0 Å². The molecule has 178 valence electrons. The SMILES string of the molecule is NC(=O)CC(=O)NCC(O)CC(F)(F)C(F)(F)C(F)(F)C(F)(F)C(F)(F)C(F)(F)F. The lowest BCUT2D eigenvalue weighted by atomic mass is 9.91. The number of hydrogen-bond donors (Lipinski definition) is 3. The summed E-state index contributed by atoms with van der Waals surface area (Å²) in [5, 5.41) is 10.5. The Morgan fingerprint density at radius 3 is 1.53 bits per heavy atom. The van der Waals surface area contributed by atoms with Crippen LogP contribution in [-0.4, -0.2) is 65.4 Å². The van der Waals surface area contributed by atoms with Crippen LogP contribution in [0.1, 0.15) is 12.8 Å². The van der Waals surface area contributed by atoms with Gasteiger partial charge in [-0.1, -0.05) is 0 Å². The van der Waals surface area contributed by atoms with Gasteiger partial charge in [-0.25, -0.2) is 0 Å². The molecule has 0 rings (SSSR count). The summed E-state index contributed by atoms with van der Waals surface area (Å²) in [6, 6.07) is 0. The molecule has 0 aromatic heterocycles. The number of nitrogens with two attached hydrogens (primary N) is 1. The Morgan fingerprint density at radius 1 is 0.767 bits per heavy atom. The Morgan fingerprint density at radius 2 is 1.17 bits per heavy atom. The Bertz CT molecular complexity index is 648. The molecule has 18 heteroatoms. The van der Waals surface area contributed by atoms with E-state index in [0.717, 1.165) is 0 Å². The molecule has 0 saturated carbocycles. The average Bonchev–Trinajstić information content (AvgIpc) is 2.50. The maximum atomic E-state index is 13.5. The minimum Gasteiger partial charge on any atom is -0.391 e. The molecule has 0 radical (unpaired) electrons. The molecule has 0 heterocycles. The zero-order chi connectivity index (χ0) is 24.6. The zero-order valence-electron chi connectivity index (χ0n) is 14.0. The van der Waals surface area contributed by atoms with Gasteiger partial charge in [0.15, 0.2) is 0 Å². The van der Waals surface area contributed by atoms with Crippen LogP contribution in [0.25, 0.3) is 0 Å². The van der Waals surface area contributed by atoms with E-state index in [1.165, 1.54) is 5.32 Å². The first-order valence-corrected chi connectivity index (χ1v) is 7.14. The van der Waals surface area contributed by atoms with Crippen LogP contribution in [0.15, 0.2) is 0 Å². The van der Waals surface area contributed by atoms with Crippen LogP contribution >= 0.6 is 0 Å². The van der Waals surface area contributed by atoms with Gasteiger partial charge >= 0.3 is 35.8 Å². The molecule has 4 N–H and O–H groups in total. The summed E-state index contributed by atoms with van der Waals surface area (Å²) in [7, 11) is 0. The number of primary amides is 1. The molecule has 1 atom stereocenters. The van der Waals surface area contributed by atoms with Crippen molar-refractivity contribution in [3.05, 3.63) is 0 Å². The molecule has 0 bridgehead atoms. The van der Waals surface area contributed by atoms with Crippen LogP contribution in [0.5, 0.6) is 0 Å². The van der Waals surface area contributed by atoms with Crippen LogP contribution in [0, 0.1) is 0 Å². The number of nitrogens with one attached hydrogen (secondary N) is 1. The van der Waals surface area contributed by atoms with Crippen molar-refractivity contribution in [2.24, 2.45) is 5.73 Å². The molecule has 0 spiro atoms.